The van der Waals surface area contributed by atoms with Crippen LogP contribution in [0.1, 0.15) is 51.4 Å². The average Bonchev–Trinajstić information content (AvgIpc) is 2.55. The van der Waals surface area contributed by atoms with Crippen molar-refractivity contribution in [1.82, 2.24) is 0 Å². The van der Waals surface area contributed by atoms with Crippen LogP contribution < -0.4 is 0 Å². The largest absolute Gasteiger partial charge is 0.0895 e. The van der Waals surface area contributed by atoms with Gasteiger partial charge in [-0.25, -0.2) is 0 Å². The molecule has 1 aliphatic rings. The minimum atomic E-state index is 0.0260. The molecule has 1 aromatic rings. The Hall–Kier alpha value is -0.610. The van der Waals surface area contributed by atoms with E-state index in [2.05, 4.69) is 65.0 Å². The van der Waals surface area contributed by atoms with Gasteiger partial charge in [-0.05, 0) is 29.4 Å². The van der Waals surface area contributed by atoms with Crippen molar-refractivity contribution in [3.05, 3.63) is 41.0 Å². The van der Waals surface area contributed by atoms with E-state index in [1.807, 2.05) is 0 Å². The smallest absolute Gasteiger partial charge is 0.0261 e. The van der Waals surface area contributed by atoms with Crippen molar-refractivity contribution in [2.45, 2.75) is 51.6 Å². The first-order chi connectivity index (χ1) is 8.02. The van der Waals surface area contributed by atoms with Crippen LogP contribution in [0.25, 0.3) is 6.08 Å². The number of hydrogen-bond donors (Lipinski definition) is 0. The van der Waals surface area contributed by atoms with Crippen LogP contribution >= 0.6 is 7.92 Å². The highest BCUT2D eigenvalue weighted by molar-refractivity contribution is 7.59. The van der Waals surface area contributed by atoms with Crippen LogP contribution in [0.5, 0.6) is 0 Å². The van der Waals surface area contributed by atoms with Gasteiger partial charge in [0, 0.05) is 5.66 Å². The fraction of sp³-hybridized carbons (Fsp3) is 0.500. The van der Waals surface area contributed by atoms with Crippen molar-refractivity contribution in [2.75, 3.05) is 0 Å². The number of hydrogen-bond acceptors (Lipinski definition) is 0. The number of benzene rings is 1. The summed E-state index contributed by atoms with van der Waals surface area (Å²) in [7, 11) is 0.0260. The Kier molecular flexibility index (Phi) is 3.73. The van der Waals surface area contributed by atoms with Gasteiger partial charge in [-0.15, -0.1) is 0 Å². The molecule has 92 valence electrons. The second-order valence-electron chi connectivity index (χ2n) is 5.55. The van der Waals surface area contributed by atoms with Crippen LogP contribution in [0, 0.1) is 0 Å². The Labute approximate surface area is 107 Å². The molecular formula is C16H23P. The van der Waals surface area contributed by atoms with E-state index in [-0.39, 0.29) is 7.92 Å². The zero-order valence-electron chi connectivity index (χ0n) is 11.6. The van der Waals surface area contributed by atoms with E-state index in [9.17, 15) is 0 Å². The van der Waals surface area contributed by atoms with Crippen LogP contribution in [0.3, 0.4) is 0 Å². The fourth-order valence-electron chi connectivity index (χ4n) is 3.05. The molecule has 0 N–H and O–H groups in total. The standard InChI is InChI=1S/C16H23P/c1-11(2)17(12(3)4)16-13(5)10-14-8-6-7-9-15(14)16/h6-12,16H,1-5H3. The van der Waals surface area contributed by atoms with E-state index < -0.39 is 0 Å². The summed E-state index contributed by atoms with van der Waals surface area (Å²) in [5, 5.41) is 0. The van der Waals surface area contributed by atoms with E-state index in [4.69, 9.17) is 0 Å². The van der Waals surface area contributed by atoms with E-state index in [0.29, 0.717) is 5.66 Å². The van der Waals surface area contributed by atoms with Crippen LogP contribution in [0.15, 0.2) is 29.8 Å². The lowest BCUT2D eigenvalue weighted by molar-refractivity contribution is 0.960. The minimum Gasteiger partial charge on any atom is -0.0895 e. The molecule has 1 atom stereocenters. The first kappa shape index (κ1) is 12.8. The molecule has 0 bridgehead atoms. The summed E-state index contributed by atoms with van der Waals surface area (Å²) in [5.41, 5.74) is 6.87. The maximum atomic E-state index is 2.39. The van der Waals surface area contributed by atoms with Gasteiger partial charge in [0.25, 0.3) is 0 Å². The average molecular weight is 246 g/mol. The number of allylic oxidation sites excluding steroid dienone is 1. The summed E-state index contributed by atoms with van der Waals surface area (Å²) < 4.78 is 0. The van der Waals surface area contributed by atoms with E-state index in [0.717, 1.165) is 11.3 Å². The zero-order chi connectivity index (χ0) is 12.6. The van der Waals surface area contributed by atoms with Crippen molar-refractivity contribution in [3.63, 3.8) is 0 Å². The molecule has 1 unspecified atom stereocenters. The Bertz CT molecular complexity index is 421. The molecule has 17 heavy (non-hydrogen) atoms. The highest BCUT2D eigenvalue weighted by Gasteiger charge is 2.32. The maximum absolute atomic E-state index is 2.39. The van der Waals surface area contributed by atoms with Gasteiger partial charge in [-0.2, -0.15) is 0 Å². The van der Waals surface area contributed by atoms with Crippen molar-refractivity contribution in [1.29, 1.82) is 0 Å². The van der Waals surface area contributed by atoms with Crippen molar-refractivity contribution < 1.29 is 0 Å². The van der Waals surface area contributed by atoms with E-state index >= 15 is 0 Å². The molecule has 0 radical (unpaired) electrons. The molecule has 0 nitrogen and oxygen atoms in total. The highest BCUT2D eigenvalue weighted by atomic mass is 31.1. The molecule has 0 saturated carbocycles. The summed E-state index contributed by atoms with van der Waals surface area (Å²) in [4.78, 5) is 0. The van der Waals surface area contributed by atoms with E-state index in [1.165, 1.54) is 5.56 Å². The Morgan fingerprint density at radius 3 is 2.18 bits per heavy atom. The van der Waals surface area contributed by atoms with Gasteiger partial charge in [0.2, 0.25) is 0 Å². The van der Waals surface area contributed by atoms with Gasteiger partial charge in [0.15, 0.2) is 0 Å². The van der Waals surface area contributed by atoms with Gasteiger partial charge in [-0.3, -0.25) is 0 Å². The molecular weight excluding hydrogens is 223 g/mol. The second-order valence-corrected chi connectivity index (χ2v) is 9.03. The third kappa shape index (κ3) is 2.33. The van der Waals surface area contributed by atoms with Gasteiger partial charge >= 0.3 is 0 Å². The maximum Gasteiger partial charge on any atom is 0.0261 e. The molecule has 0 aromatic heterocycles. The molecule has 0 amide bonds. The van der Waals surface area contributed by atoms with Gasteiger partial charge < -0.3 is 0 Å². The lowest BCUT2D eigenvalue weighted by atomic mass is 10.1. The first-order valence-corrected chi connectivity index (χ1v) is 8.12. The molecule has 0 spiro atoms. The predicted molar refractivity (Wildman–Crippen MR) is 80.0 cm³/mol. The zero-order valence-corrected chi connectivity index (χ0v) is 12.5. The number of fused-ring (bicyclic) bond motifs is 1. The fourth-order valence-corrected chi connectivity index (χ4v) is 6.54. The van der Waals surface area contributed by atoms with E-state index in [1.54, 1.807) is 11.1 Å². The van der Waals surface area contributed by atoms with Crippen LogP contribution in [-0.4, -0.2) is 11.3 Å². The van der Waals surface area contributed by atoms with Crippen LogP contribution in [0.2, 0.25) is 0 Å². The van der Waals surface area contributed by atoms with Gasteiger partial charge in [0.05, 0.1) is 0 Å². The molecule has 2 rings (SSSR count). The third-order valence-corrected chi connectivity index (χ3v) is 7.26. The summed E-state index contributed by atoms with van der Waals surface area (Å²) in [5.74, 6) is 0. The van der Waals surface area contributed by atoms with Crippen LogP contribution in [0.4, 0.5) is 0 Å². The summed E-state index contributed by atoms with van der Waals surface area (Å²) in [6, 6.07) is 8.92. The Morgan fingerprint density at radius 1 is 1.00 bits per heavy atom. The third-order valence-electron chi connectivity index (χ3n) is 3.60. The Balaban J connectivity index is 2.42. The van der Waals surface area contributed by atoms with Gasteiger partial charge in [0.1, 0.15) is 0 Å². The monoisotopic (exact) mass is 246 g/mol. The van der Waals surface area contributed by atoms with Crippen LogP contribution in [-0.2, 0) is 0 Å². The first-order valence-electron chi connectivity index (χ1n) is 6.57. The topological polar surface area (TPSA) is 0 Å². The summed E-state index contributed by atoms with van der Waals surface area (Å²) >= 11 is 0. The summed E-state index contributed by atoms with van der Waals surface area (Å²) in [6.07, 6.45) is 2.39. The molecule has 0 aliphatic heterocycles. The quantitative estimate of drug-likeness (QED) is 0.623. The SMILES string of the molecule is CC1=Cc2ccccc2C1P(C(C)C)C(C)C. The normalized spacial score (nSPS) is 19.1. The molecule has 1 aliphatic carbocycles. The second kappa shape index (κ2) is 4.94. The molecule has 0 heterocycles. The highest BCUT2D eigenvalue weighted by Crippen LogP contribution is 2.63. The predicted octanol–water partition coefficient (Wildman–Crippen LogP) is 5.44. The summed E-state index contributed by atoms with van der Waals surface area (Å²) in [6.45, 7) is 11.9. The Morgan fingerprint density at radius 2 is 1.59 bits per heavy atom. The molecule has 0 saturated heterocycles. The molecule has 0 fully saturated rings. The minimum absolute atomic E-state index is 0.0260. The van der Waals surface area contributed by atoms with Crippen molar-refractivity contribution >= 4 is 14.0 Å². The lowest BCUT2D eigenvalue weighted by Gasteiger charge is -2.33. The van der Waals surface area contributed by atoms with Crippen molar-refractivity contribution in [2.24, 2.45) is 0 Å². The molecule has 1 heteroatoms. The van der Waals surface area contributed by atoms with Crippen molar-refractivity contribution in [3.8, 4) is 0 Å². The molecule has 1 aromatic carbocycles. The lowest BCUT2D eigenvalue weighted by Crippen LogP contribution is -2.10. The van der Waals surface area contributed by atoms with Gasteiger partial charge in [-0.1, -0.05) is 71.5 Å². The number of rotatable bonds is 3.